The number of rotatable bonds is 11. The van der Waals surface area contributed by atoms with Crippen molar-refractivity contribution in [2.45, 2.75) is 59.2 Å². The number of nitrogens with one attached hydrogen (secondary N) is 1. The minimum atomic E-state index is -3.77. The summed E-state index contributed by atoms with van der Waals surface area (Å²) < 4.78 is 26.9. The van der Waals surface area contributed by atoms with Gasteiger partial charge in [-0.15, -0.1) is 0 Å². The molecule has 0 aliphatic heterocycles. The molecule has 0 heterocycles. The zero-order valence-corrected chi connectivity index (χ0v) is 22.8. The van der Waals surface area contributed by atoms with Crippen LogP contribution in [-0.2, 0) is 26.2 Å². The number of carbonyl (C=O) groups is 2. The number of carbonyl (C=O) groups excluding carboxylic acids is 2. The number of sulfonamides is 1. The number of amides is 2. The van der Waals surface area contributed by atoms with Crippen molar-refractivity contribution in [3.05, 3.63) is 64.1 Å². The van der Waals surface area contributed by atoms with E-state index < -0.39 is 28.5 Å². The molecule has 1 N–H and O–H groups in total. The summed E-state index contributed by atoms with van der Waals surface area (Å²) >= 11 is 3.38. The van der Waals surface area contributed by atoms with Crippen molar-refractivity contribution < 1.29 is 18.0 Å². The van der Waals surface area contributed by atoms with Crippen LogP contribution in [-0.4, -0.2) is 50.0 Å². The molecule has 0 saturated carbocycles. The van der Waals surface area contributed by atoms with E-state index >= 15 is 0 Å². The third-order valence-corrected chi connectivity index (χ3v) is 7.42. The van der Waals surface area contributed by atoms with Gasteiger partial charge in [0, 0.05) is 17.1 Å². The van der Waals surface area contributed by atoms with Gasteiger partial charge in [-0.3, -0.25) is 13.9 Å². The molecule has 0 spiro atoms. The Hall–Kier alpha value is -2.39. The number of hydrogen-bond donors (Lipinski definition) is 1. The molecule has 9 heteroatoms. The highest BCUT2D eigenvalue weighted by molar-refractivity contribution is 9.10. The zero-order valence-electron chi connectivity index (χ0n) is 20.4. The van der Waals surface area contributed by atoms with Crippen LogP contribution in [0.25, 0.3) is 0 Å². The maximum atomic E-state index is 13.7. The standard InChI is InChI=1S/C25H34BrN3O4S/c1-6-19(4)27-25(31)22(7-2)28(16-20-12-10-11-18(3)15-20)24(30)17-29(34(5,32)33)23-14-9-8-13-21(23)26/h8-15,19,22H,6-7,16-17H2,1-5H3,(H,27,31). The Balaban J connectivity index is 2.45. The highest BCUT2D eigenvalue weighted by Gasteiger charge is 2.32. The van der Waals surface area contributed by atoms with Crippen molar-refractivity contribution in [1.29, 1.82) is 0 Å². The zero-order chi connectivity index (χ0) is 25.5. The van der Waals surface area contributed by atoms with Gasteiger partial charge in [0.2, 0.25) is 21.8 Å². The van der Waals surface area contributed by atoms with Crippen molar-refractivity contribution in [2.24, 2.45) is 0 Å². The molecule has 2 unspecified atom stereocenters. The van der Waals surface area contributed by atoms with E-state index in [9.17, 15) is 18.0 Å². The Bertz CT molecular complexity index is 1110. The minimum absolute atomic E-state index is 0.0368. The number of anilines is 1. The lowest BCUT2D eigenvalue weighted by Gasteiger charge is -2.33. The van der Waals surface area contributed by atoms with Crippen molar-refractivity contribution in [1.82, 2.24) is 10.2 Å². The van der Waals surface area contributed by atoms with Gasteiger partial charge in [0.1, 0.15) is 12.6 Å². The Morgan fingerprint density at radius 3 is 2.29 bits per heavy atom. The third kappa shape index (κ3) is 7.56. The van der Waals surface area contributed by atoms with Gasteiger partial charge in [-0.25, -0.2) is 8.42 Å². The molecular formula is C25H34BrN3O4S. The molecule has 0 aliphatic carbocycles. The lowest BCUT2D eigenvalue weighted by molar-refractivity contribution is -0.140. The predicted molar refractivity (Wildman–Crippen MR) is 140 cm³/mol. The molecule has 34 heavy (non-hydrogen) atoms. The van der Waals surface area contributed by atoms with Crippen molar-refractivity contribution in [2.75, 3.05) is 17.1 Å². The fraction of sp³-hybridized carbons (Fsp3) is 0.440. The largest absolute Gasteiger partial charge is 0.352 e. The van der Waals surface area contributed by atoms with Gasteiger partial charge in [-0.1, -0.05) is 55.8 Å². The summed E-state index contributed by atoms with van der Waals surface area (Å²) in [5.74, 6) is -0.696. The van der Waals surface area contributed by atoms with E-state index in [1.165, 1.54) is 4.90 Å². The highest BCUT2D eigenvalue weighted by Crippen LogP contribution is 2.28. The van der Waals surface area contributed by atoms with E-state index in [4.69, 9.17) is 0 Å². The summed E-state index contributed by atoms with van der Waals surface area (Å²) in [6, 6.07) is 13.8. The number of hydrogen-bond acceptors (Lipinski definition) is 4. The fourth-order valence-electron chi connectivity index (χ4n) is 3.62. The summed E-state index contributed by atoms with van der Waals surface area (Å²) in [6.07, 6.45) is 2.23. The molecule has 0 saturated heterocycles. The van der Waals surface area contributed by atoms with E-state index in [1.54, 1.807) is 24.3 Å². The first kappa shape index (κ1) is 27.9. The molecule has 0 aromatic heterocycles. The molecule has 0 fully saturated rings. The number of aryl methyl sites for hydroxylation is 1. The monoisotopic (exact) mass is 551 g/mol. The molecule has 0 bridgehead atoms. The molecule has 2 aromatic rings. The van der Waals surface area contributed by atoms with Crippen LogP contribution in [0.4, 0.5) is 5.69 Å². The Labute approximate surface area is 211 Å². The number of benzene rings is 2. The molecule has 186 valence electrons. The summed E-state index contributed by atoms with van der Waals surface area (Å²) in [5.41, 5.74) is 2.27. The second kappa shape index (κ2) is 12.4. The summed E-state index contributed by atoms with van der Waals surface area (Å²) in [6.45, 7) is 7.47. The van der Waals surface area contributed by atoms with E-state index in [1.807, 2.05) is 52.0 Å². The molecule has 2 aromatic carbocycles. The van der Waals surface area contributed by atoms with Crippen LogP contribution in [0.1, 0.15) is 44.7 Å². The summed E-state index contributed by atoms with van der Waals surface area (Å²) in [7, 11) is -3.77. The third-order valence-electron chi connectivity index (χ3n) is 5.62. The molecule has 0 aliphatic rings. The van der Waals surface area contributed by atoms with Crippen LogP contribution in [0.3, 0.4) is 0 Å². The molecule has 0 radical (unpaired) electrons. The van der Waals surface area contributed by atoms with Gasteiger partial charge in [0.15, 0.2) is 0 Å². The average Bonchev–Trinajstić information content (AvgIpc) is 2.77. The number of halogens is 1. The SMILES string of the molecule is CCC(C)NC(=O)C(CC)N(Cc1cccc(C)c1)C(=O)CN(c1ccccc1Br)S(C)(=O)=O. The number of nitrogens with zero attached hydrogens (tertiary/aromatic N) is 2. The number of para-hydroxylation sites is 1. The van der Waals surface area contributed by atoms with Gasteiger partial charge in [0.25, 0.3) is 0 Å². The average molecular weight is 553 g/mol. The van der Waals surface area contributed by atoms with Gasteiger partial charge >= 0.3 is 0 Å². The quantitative estimate of drug-likeness (QED) is 0.452. The summed E-state index contributed by atoms with van der Waals surface area (Å²) in [5, 5.41) is 2.97. The van der Waals surface area contributed by atoms with Crippen molar-refractivity contribution >= 4 is 43.5 Å². The Kier molecular flexibility index (Phi) is 10.1. The predicted octanol–water partition coefficient (Wildman–Crippen LogP) is 4.25. The summed E-state index contributed by atoms with van der Waals surface area (Å²) in [4.78, 5) is 28.3. The fourth-order valence-corrected chi connectivity index (χ4v) is 5.09. The molecule has 2 amide bonds. The van der Waals surface area contributed by atoms with Gasteiger partial charge < -0.3 is 10.2 Å². The lowest BCUT2D eigenvalue weighted by atomic mass is 10.1. The minimum Gasteiger partial charge on any atom is -0.352 e. The van der Waals surface area contributed by atoms with Crippen LogP contribution in [0, 0.1) is 6.92 Å². The van der Waals surface area contributed by atoms with E-state index in [2.05, 4.69) is 21.2 Å². The second-order valence-electron chi connectivity index (χ2n) is 8.47. The molecular weight excluding hydrogens is 518 g/mol. The Morgan fingerprint density at radius 2 is 1.74 bits per heavy atom. The Morgan fingerprint density at radius 1 is 1.06 bits per heavy atom. The molecule has 7 nitrogen and oxygen atoms in total. The van der Waals surface area contributed by atoms with Gasteiger partial charge in [-0.05, 0) is 60.3 Å². The van der Waals surface area contributed by atoms with Crippen LogP contribution in [0.5, 0.6) is 0 Å². The van der Waals surface area contributed by atoms with E-state index in [-0.39, 0.29) is 18.5 Å². The smallest absolute Gasteiger partial charge is 0.244 e. The lowest BCUT2D eigenvalue weighted by Crippen LogP contribution is -2.53. The normalized spacial score (nSPS) is 13.1. The van der Waals surface area contributed by atoms with Crippen LogP contribution in [0.2, 0.25) is 0 Å². The van der Waals surface area contributed by atoms with Gasteiger partial charge in [-0.2, -0.15) is 0 Å². The maximum absolute atomic E-state index is 13.7. The van der Waals surface area contributed by atoms with Crippen molar-refractivity contribution in [3.63, 3.8) is 0 Å². The highest BCUT2D eigenvalue weighted by atomic mass is 79.9. The first-order valence-corrected chi connectivity index (χ1v) is 14.0. The topological polar surface area (TPSA) is 86.8 Å². The first-order valence-electron chi connectivity index (χ1n) is 11.4. The van der Waals surface area contributed by atoms with Crippen LogP contribution >= 0.6 is 15.9 Å². The molecule has 2 atom stereocenters. The van der Waals surface area contributed by atoms with Gasteiger partial charge in [0.05, 0.1) is 11.9 Å². The molecule has 2 rings (SSSR count). The van der Waals surface area contributed by atoms with E-state index in [0.29, 0.717) is 16.6 Å². The van der Waals surface area contributed by atoms with Crippen LogP contribution < -0.4 is 9.62 Å². The second-order valence-corrected chi connectivity index (χ2v) is 11.2. The first-order chi connectivity index (χ1) is 16.0. The van der Waals surface area contributed by atoms with Crippen molar-refractivity contribution in [3.8, 4) is 0 Å². The maximum Gasteiger partial charge on any atom is 0.244 e. The van der Waals surface area contributed by atoms with E-state index in [0.717, 1.165) is 28.1 Å². The van der Waals surface area contributed by atoms with Crippen LogP contribution in [0.15, 0.2) is 53.0 Å².